The number of nitrogen functional groups attached to an aromatic ring is 1. The number of urea groups is 1. The summed E-state index contributed by atoms with van der Waals surface area (Å²) in [6, 6.07) is 11.2. The van der Waals surface area contributed by atoms with E-state index in [0.29, 0.717) is 27.8 Å². The van der Waals surface area contributed by atoms with Crippen molar-refractivity contribution in [2.75, 3.05) is 21.7 Å². The smallest absolute Gasteiger partial charge is 0.323 e. The average Bonchev–Trinajstić information content (AvgIpc) is 2.42. The molecular formula is C15H15ClN4O2. The maximum absolute atomic E-state index is 11.9. The lowest BCUT2D eigenvalue weighted by atomic mass is 10.2. The zero-order valence-electron chi connectivity index (χ0n) is 11.8. The van der Waals surface area contributed by atoms with Crippen LogP contribution in [0.25, 0.3) is 0 Å². The molecular weight excluding hydrogens is 304 g/mol. The second-order valence-corrected chi connectivity index (χ2v) is 4.98. The van der Waals surface area contributed by atoms with Crippen LogP contribution in [-0.2, 0) is 4.79 Å². The lowest BCUT2D eigenvalue weighted by molar-refractivity contribution is -0.114. The van der Waals surface area contributed by atoms with Gasteiger partial charge in [0.15, 0.2) is 0 Å². The van der Waals surface area contributed by atoms with E-state index in [0.717, 1.165) is 0 Å². The van der Waals surface area contributed by atoms with Gasteiger partial charge in [-0.2, -0.15) is 0 Å². The van der Waals surface area contributed by atoms with Crippen LogP contribution in [0.2, 0.25) is 5.02 Å². The predicted octanol–water partition coefficient (Wildman–Crippen LogP) is 3.52. The lowest BCUT2D eigenvalue weighted by Crippen LogP contribution is -2.19. The Bertz CT molecular complexity index is 718. The molecule has 0 aliphatic carbocycles. The van der Waals surface area contributed by atoms with Crippen LogP contribution in [-0.4, -0.2) is 11.9 Å². The molecule has 0 saturated carbocycles. The molecule has 0 bridgehead atoms. The van der Waals surface area contributed by atoms with E-state index in [2.05, 4.69) is 16.0 Å². The van der Waals surface area contributed by atoms with E-state index in [1.54, 1.807) is 42.5 Å². The summed E-state index contributed by atoms with van der Waals surface area (Å²) in [7, 11) is 0. The van der Waals surface area contributed by atoms with E-state index in [9.17, 15) is 9.59 Å². The number of benzene rings is 2. The molecule has 0 aromatic heterocycles. The third-order valence-corrected chi connectivity index (χ3v) is 3.03. The Kier molecular flexibility index (Phi) is 4.85. The molecule has 0 spiro atoms. The van der Waals surface area contributed by atoms with E-state index in [4.69, 9.17) is 17.3 Å². The van der Waals surface area contributed by atoms with Gasteiger partial charge in [-0.25, -0.2) is 4.79 Å². The van der Waals surface area contributed by atoms with Crippen LogP contribution >= 0.6 is 11.6 Å². The number of hydrogen-bond acceptors (Lipinski definition) is 3. The normalized spacial score (nSPS) is 9.91. The van der Waals surface area contributed by atoms with Crippen LogP contribution in [0.3, 0.4) is 0 Å². The molecule has 0 atom stereocenters. The summed E-state index contributed by atoms with van der Waals surface area (Å²) in [6.07, 6.45) is 0. The van der Waals surface area contributed by atoms with Crippen molar-refractivity contribution in [3.05, 3.63) is 47.5 Å². The average molecular weight is 319 g/mol. The molecule has 0 unspecified atom stereocenters. The van der Waals surface area contributed by atoms with E-state index < -0.39 is 6.03 Å². The number of halogens is 1. The van der Waals surface area contributed by atoms with Crippen LogP contribution in [0.15, 0.2) is 42.5 Å². The molecule has 0 radical (unpaired) electrons. The van der Waals surface area contributed by atoms with Gasteiger partial charge in [-0.3, -0.25) is 4.79 Å². The zero-order chi connectivity index (χ0) is 16.1. The molecule has 6 nitrogen and oxygen atoms in total. The first kappa shape index (κ1) is 15.7. The fraction of sp³-hybridized carbons (Fsp3) is 0.0667. The van der Waals surface area contributed by atoms with Crippen LogP contribution in [0.1, 0.15) is 6.92 Å². The molecule has 0 aliphatic rings. The minimum absolute atomic E-state index is 0.182. The summed E-state index contributed by atoms with van der Waals surface area (Å²) in [6.45, 7) is 1.41. The van der Waals surface area contributed by atoms with Crippen molar-refractivity contribution in [1.29, 1.82) is 0 Å². The Morgan fingerprint density at radius 3 is 2.14 bits per heavy atom. The van der Waals surface area contributed by atoms with Gasteiger partial charge in [-0.05, 0) is 36.4 Å². The van der Waals surface area contributed by atoms with Gasteiger partial charge in [-0.1, -0.05) is 17.7 Å². The molecule has 7 heteroatoms. The summed E-state index contributed by atoms with van der Waals surface area (Å²) in [5, 5.41) is 8.31. The van der Waals surface area contributed by atoms with Gasteiger partial charge in [0, 0.05) is 24.0 Å². The van der Waals surface area contributed by atoms with Crippen molar-refractivity contribution in [2.45, 2.75) is 6.92 Å². The Morgan fingerprint density at radius 2 is 1.55 bits per heavy atom. The predicted molar refractivity (Wildman–Crippen MR) is 89.3 cm³/mol. The van der Waals surface area contributed by atoms with Crippen LogP contribution in [0.4, 0.5) is 27.5 Å². The van der Waals surface area contributed by atoms with Crippen molar-refractivity contribution in [1.82, 2.24) is 0 Å². The topological polar surface area (TPSA) is 96.2 Å². The molecule has 0 aliphatic heterocycles. The van der Waals surface area contributed by atoms with E-state index in [1.807, 2.05) is 0 Å². The largest absolute Gasteiger partial charge is 0.398 e. The third kappa shape index (κ3) is 4.39. The number of nitrogens with one attached hydrogen (secondary N) is 3. The fourth-order valence-electron chi connectivity index (χ4n) is 1.78. The number of hydrogen-bond donors (Lipinski definition) is 4. The van der Waals surface area contributed by atoms with Crippen LogP contribution < -0.4 is 21.7 Å². The zero-order valence-corrected chi connectivity index (χ0v) is 12.6. The van der Waals surface area contributed by atoms with Gasteiger partial charge in [0.1, 0.15) is 0 Å². The van der Waals surface area contributed by atoms with Gasteiger partial charge >= 0.3 is 6.03 Å². The van der Waals surface area contributed by atoms with Crippen molar-refractivity contribution < 1.29 is 9.59 Å². The summed E-state index contributed by atoms with van der Waals surface area (Å²) in [4.78, 5) is 22.9. The number of amides is 3. The molecule has 0 fully saturated rings. The standard InChI is InChI=1S/C15H15ClN4O2/c1-9(21)18-10-3-2-4-11(7-10)19-15(22)20-12-5-6-14(17)13(16)8-12/h2-8H,17H2,1H3,(H,18,21)(H2,19,20,22). The van der Waals surface area contributed by atoms with Gasteiger partial charge in [0.05, 0.1) is 10.7 Å². The Morgan fingerprint density at radius 1 is 0.955 bits per heavy atom. The minimum Gasteiger partial charge on any atom is -0.398 e. The Hall–Kier alpha value is -2.73. The highest BCUT2D eigenvalue weighted by Crippen LogP contribution is 2.23. The third-order valence-electron chi connectivity index (χ3n) is 2.70. The molecule has 3 amide bonds. The summed E-state index contributed by atoms with van der Waals surface area (Å²) in [5.74, 6) is -0.182. The number of carbonyl (C=O) groups is 2. The second kappa shape index (κ2) is 6.82. The highest BCUT2D eigenvalue weighted by Gasteiger charge is 2.05. The highest BCUT2D eigenvalue weighted by molar-refractivity contribution is 6.33. The minimum atomic E-state index is -0.430. The first-order valence-corrected chi connectivity index (χ1v) is 6.82. The van der Waals surface area contributed by atoms with Crippen molar-refractivity contribution in [2.24, 2.45) is 0 Å². The maximum atomic E-state index is 11.9. The van der Waals surface area contributed by atoms with Gasteiger partial charge in [0.25, 0.3) is 0 Å². The first-order valence-electron chi connectivity index (χ1n) is 6.45. The number of nitrogens with two attached hydrogens (primary N) is 1. The van der Waals surface area contributed by atoms with Gasteiger partial charge < -0.3 is 21.7 Å². The molecule has 0 saturated heterocycles. The molecule has 2 rings (SSSR count). The van der Waals surface area contributed by atoms with Crippen molar-refractivity contribution >= 4 is 46.3 Å². The summed E-state index contributed by atoms with van der Waals surface area (Å²) in [5.41, 5.74) is 7.71. The molecule has 114 valence electrons. The second-order valence-electron chi connectivity index (χ2n) is 4.58. The quantitative estimate of drug-likeness (QED) is 0.652. The van der Waals surface area contributed by atoms with E-state index in [-0.39, 0.29) is 5.91 Å². The highest BCUT2D eigenvalue weighted by atomic mass is 35.5. The molecule has 2 aromatic rings. The van der Waals surface area contributed by atoms with Crippen molar-refractivity contribution in [3.63, 3.8) is 0 Å². The Balaban J connectivity index is 2.02. The molecule has 22 heavy (non-hydrogen) atoms. The molecule has 2 aromatic carbocycles. The monoisotopic (exact) mass is 318 g/mol. The summed E-state index contributed by atoms with van der Waals surface area (Å²) < 4.78 is 0. The number of carbonyl (C=O) groups excluding carboxylic acids is 2. The van der Waals surface area contributed by atoms with Crippen molar-refractivity contribution in [3.8, 4) is 0 Å². The first-order chi connectivity index (χ1) is 10.4. The number of anilines is 4. The molecule has 5 N–H and O–H groups in total. The van der Waals surface area contributed by atoms with E-state index in [1.165, 1.54) is 6.92 Å². The number of rotatable bonds is 3. The van der Waals surface area contributed by atoms with Gasteiger partial charge in [0.2, 0.25) is 5.91 Å². The Labute approximate surface area is 132 Å². The maximum Gasteiger partial charge on any atom is 0.323 e. The summed E-state index contributed by atoms with van der Waals surface area (Å²) >= 11 is 5.89. The SMILES string of the molecule is CC(=O)Nc1cccc(NC(=O)Nc2ccc(N)c(Cl)c2)c1. The fourth-order valence-corrected chi connectivity index (χ4v) is 1.96. The van der Waals surface area contributed by atoms with Gasteiger partial charge in [-0.15, -0.1) is 0 Å². The molecule has 0 heterocycles. The van der Waals surface area contributed by atoms with Crippen LogP contribution in [0.5, 0.6) is 0 Å². The van der Waals surface area contributed by atoms with E-state index >= 15 is 0 Å². The lowest BCUT2D eigenvalue weighted by Gasteiger charge is -2.10. The van der Waals surface area contributed by atoms with Crippen LogP contribution in [0, 0.1) is 0 Å².